The van der Waals surface area contributed by atoms with Crippen LogP contribution >= 0.6 is 11.6 Å². The van der Waals surface area contributed by atoms with Gasteiger partial charge in [0.15, 0.2) is 0 Å². The number of aromatic nitrogens is 2. The first-order valence-electron chi connectivity index (χ1n) is 11.4. The molecule has 2 heterocycles. The third kappa shape index (κ3) is 2.79. The summed E-state index contributed by atoms with van der Waals surface area (Å²) in [6.45, 7) is 0. The fourth-order valence-electron chi connectivity index (χ4n) is 5.14. The van der Waals surface area contributed by atoms with Crippen molar-refractivity contribution in [1.82, 2.24) is 9.55 Å². The Bertz CT molecular complexity index is 1850. The summed E-state index contributed by atoms with van der Waals surface area (Å²) in [6.07, 6.45) is 0. The van der Waals surface area contributed by atoms with Crippen LogP contribution in [0.4, 0.5) is 0 Å². The van der Waals surface area contributed by atoms with Gasteiger partial charge in [0, 0.05) is 32.8 Å². The lowest BCUT2D eigenvalue weighted by atomic mass is 9.98. The molecule has 0 atom stereocenters. The highest BCUT2D eigenvalue weighted by Crippen LogP contribution is 2.41. The molecule has 0 saturated heterocycles. The molecule has 0 radical (unpaired) electrons. The molecule has 0 fully saturated rings. The highest BCUT2D eigenvalue weighted by molar-refractivity contribution is 6.38. The summed E-state index contributed by atoms with van der Waals surface area (Å²) in [5.41, 5.74) is 6.42. The molecule has 0 spiro atoms. The van der Waals surface area contributed by atoms with E-state index in [0.29, 0.717) is 0 Å². The van der Waals surface area contributed by atoms with E-state index in [2.05, 4.69) is 89.5 Å². The number of pyridine rings is 1. The van der Waals surface area contributed by atoms with E-state index in [1.54, 1.807) is 0 Å². The minimum Gasteiger partial charge on any atom is -0.309 e. The SMILES string of the molecule is Clc1cccc2c1c1cc3c(cc1n2-c1ccccc1)c(-c1ccccc1)nc1ccccc13. The first-order valence-corrected chi connectivity index (χ1v) is 11.7. The van der Waals surface area contributed by atoms with E-state index in [-0.39, 0.29) is 0 Å². The molecular weight excluding hydrogens is 436 g/mol. The third-order valence-corrected chi connectivity index (χ3v) is 6.94. The second kappa shape index (κ2) is 7.44. The molecule has 34 heavy (non-hydrogen) atoms. The normalized spacial score (nSPS) is 11.7. The maximum Gasteiger partial charge on any atom is 0.0788 e. The predicted molar refractivity (Wildman–Crippen MR) is 144 cm³/mol. The molecule has 7 aromatic rings. The van der Waals surface area contributed by atoms with Crippen LogP contribution in [0.5, 0.6) is 0 Å². The monoisotopic (exact) mass is 454 g/mol. The largest absolute Gasteiger partial charge is 0.309 e. The lowest BCUT2D eigenvalue weighted by molar-refractivity contribution is 1.18. The van der Waals surface area contributed by atoms with Gasteiger partial charge in [-0.05, 0) is 47.9 Å². The van der Waals surface area contributed by atoms with Crippen molar-refractivity contribution in [3.8, 4) is 16.9 Å². The molecule has 0 saturated carbocycles. The summed E-state index contributed by atoms with van der Waals surface area (Å²) in [4.78, 5) is 5.12. The summed E-state index contributed by atoms with van der Waals surface area (Å²) < 4.78 is 2.31. The van der Waals surface area contributed by atoms with E-state index >= 15 is 0 Å². The average molecular weight is 455 g/mol. The molecule has 0 N–H and O–H groups in total. The summed E-state index contributed by atoms with van der Waals surface area (Å²) in [5, 5.41) is 6.45. The Hall–Kier alpha value is -4.14. The van der Waals surface area contributed by atoms with E-state index in [1.165, 1.54) is 5.39 Å². The highest BCUT2D eigenvalue weighted by atomic mass is 35.5. The molecule has 0 aliphatic rings. The topological polar surface area (TPSA) is 17.8 Å². The summed E-state index contributed by atoms with van der Waals surface area (Å²) >= 11 is 6.81. The van der Waals surface area contributed by atoms with Gasteiger partial charge in [0.1, 0.15) is 0 Å². The van der Waals surface area contributed by atoms with Gasteiger partial charge in [0.05, 0.1) is 27.3 Å². The van der Waals surface area contributed by atoms with Crippen molar-refractivity contribution in [2.75, 3.05) is 0 Å². The van der Waals surface area contributed by atoms with E-state index < -0.39 is 0 Å². The third-order valence-electron chi connectivity index (χ3n) is 6.62. The molecule has 0 aliphatic heterocycles. The number of hydrogen-bond acceptors (Lipinski definition) is 1. The second-order valence-corrected chi connectivity index (χ2v) is 8.97. The summed E-state index contributed by atoms with van der Waals surface area (Å²) in [6, 6.07) is 40.0. The average Bonchev–Trinajstić information content (AvgIpc) is 3.22. The van der Waals surface area contributed by atoms with Crippen LogP contribution in [0.25, 0.3) is 60.4 Å². The fraction of sp³-hybridized carbons (Fsp3) is 0. The van der Waals surface area contributed by atoms with Crippen LogP contribution in [-0.2, 0) is 0 Å². The Morgan fingerprint density at radius 3 is 2.12 bits per heavy atom. The zero-order chi connectivity index (χ0) is 22.6. The van der Waals surface area contributed by atoms with Crippen LogP contribution in [-0.4, -0.2) is 9.55 Å². The number of nitrogens with zero attached hydrogens (tertiary/aromatic N) is 2. The minimum atomic E-state index is 0.762. The Morgan fingerprint density at radius 2 is 1.29 bits per heavy atom. The zero-order valence-corrected chi connectivity index (χ0v) is 19.0. The van der Waals surface area contributed by atoms with Gasteiger partial charge in [0.25, 0.3) is 0 Å². The van der Waals surface area contributed by atoms with Crippen molar-refractivity contribution in [2.45, 2.75) is 0 Å². The Morgan fingerprint density at radius 1 is 0.559 bits per heavy atom. The number of para-hydroxylation sites is 2. The molecule has 2 nitrogen and oxygen atoms in total. The van der Waals surface area contributed by atoms with E-state index in [0.717, 1.165) is 60.1 Å². The number of rotatable bonds is 2. The van der Waals surface area contributed by atoms with E-state index in [1.807, 2.05) is 30.3 Å². The van der Waals surface area contributed by atoms with Crippen LogP contribution in [0.3, 0.4) is 0 Å². The van der Waals surface area contributed by atoms with Crippen molar-refractivity contribution >= 4 is 55.1 Å². The summed E-state index contributed by atoms with van der Waals surface area (Å²) in [7, 11) is 0. The smallest absolute Gasteiger partial charge is 0.0788 e. The van der Waals surface area contributed by atoms with Crippen LogP contribution < -0.4 is 0 Å². The number of fused-ring (bicyclic) bond motifs is 6. The first-order chi connectivity index (χ1) is 16.8. The molecule has 3 heteroatoms. The van der Waals surface area contributed by atoms with Crippen molar-refractivity contribution in [3.63, 3.8) is 0 Å². The van der Waals surface area contributed by atoms with Crippen molar-refractivity contribution in [2.24, 2.45) is 0 Å². The minimum absolute atomic E-state index is 0.762. The molecule has 0 amide bonds. The number of hydrogen-bond donors (Lipinski definition) is 0. The van der Waals surface area contributed by atoms with Crippen LogP contribution in [0.15, 0.2) is 115 Å². The van der Waals surface area contributed by atoms with Gasteiger partial charge in [-0.3, -0.25) is 0 Å². The van der Waals surface area contributed by atoms with Crippen molar-refractivity contribution in [3.05, 3.63) is 120 Å². The highest BCUT2D eigenvalue weighted by Gasteiger charge is 2.18. The Balaban J connectivity index is 1.73. The molecular formula is C31H19ClN2. The maximum atomic E-state index is 6.81. The quantitative estimate of drug-likeness (QED) is 0.238. The molecule has 160 valence electrons. The molecule has 7 rings (SSSR count). The second-order valence-electron chi connectivity index (χ2n) is 8.56. The van der Waals surface area contributed by atoms with Gasteiger partial charge in [-0.15, -0.1) is 0 Å². The van der Waals surface area contributed by atoms with Crippen LogP contribution in [0, 0.1) is 0 Å². The van der Waals surface area contributed by atoms with Crippen molar-refractivity contribution < 1.29 is 0 Å². The molecule has 0 unspecified atom stereocenters. The Kier molecular flexibility index (Phi) is 4.23. The van der Waals surface area contributed by atoms with Gasteiger partial charge in [0.2, 0.25) is 0 Å². The van der Waals surface area contributed by atoms with Crippen LogP contribution in [0.2, 0.25) is 5.02 Å². The number of benzene rings is 5. The predicted octanol–water partition coefficient (Wildman–Crippen LogP) is 8.81. The van der Waals surface area contributed by atoms with Gasteiger partial charge < -0.3 is 4.57 Å². The fourth-order valence-corrected chi connectivity index (χ4v) is 5.41. The zero-order valence-electron chi connectivity index (χ0n) is 18.2. The van der Waals surface area contributed by atoms with E-state index in [9.17, 15) is 0 Å². The number of halogens is 1. The molecule has 0 bridgehead atoms. The van der Waals surface area contributed by atoms with Gasteiger partial charge >= 0.3 is 0 Å². The van der Waals surface area contributed by atoms with Gasteiger partial charge in [-0.25, -0.2) is 4.98 Å². The lowest BCUT2D eigenvalue weighted by Crippen LogP contribution is -1.94. The molecule has 5 aromatic carbocycles. The van der Waals surface area contributed by atoms with Gasteiger partial charge in [-0.2, -0.15) is 0 Å². The van der Waals surface area contributed by atoms with E-state index in [4.69, 9.17) is 16.6 Å². The molecule has 0 aliphatic carbocycles. The first kappa shape index (κ1) is 19.3. The van der Waals surface area contributed by atoms with Crippen molar-refractivity contribution in [1.29, 1.82) is 0 Å². The summed E-state index contributed by atoms with van der Waals surface area (Å²) in [5.74, 6) is 0. The standard InChI is InChI=1S/C31H19ClN2/c32-26-15-9-17-28-30(26)25-18-23-22-14-7-8-16-27(22)33-31(20-10-3-1-4-11-20)24(23)19-29(25)34(28)21-12-5-2-6-13-21/h1-19H. The van der Waals surface area contributed by atoms with Gasteiger partial charge in [-0.1, -0.05) is 84.4 Å². The Labute approximate surface area is 201 Å². The van der Waals surface area contributed by atoms with Crippen LogP contribution in [0.1, 0.15) is 0 Å². The maximum absolute atomic E-state index is 6.81. The molecule has 2 aromatic heterocycles. The lowest BCUT2D eigenvalue weighted by Gasteiger charge is -2.12.